The van der Waals surface area contributed by atoms with Gasteiger partial charge in [0.25, 0.3) is 0 Å². The van der Waals surface area contributed by atoms with Gasteiger partial charge in [-0.05, 0) is 26.7 Å². The standard InChI is InChI=1S/C9H16ClNO2/c1-7(2)13-5-8(12)11-9(6-10)3-4-9/h7H,3-6H2,1-2H3,(H,11,12). The van der Waals surface area contributed by atoms with Gasteiger partial charge in [0.2, 0.25) is 5.91 Å². The molecule has 0 saturated heterocycles. The Labute approximate surface area is 83.8 Å². The highest BCUT2D eigenvalue weighted by Crippen LogP contribution is 2.36. The molecule has 4 heteroatoms. The molecule has 0 spiro atoms. The van der Waals surface area contributed by atoms with E-state index in [-0.39, 0.29) is 24.2 Å². The second-order valence-corrected chi connectivity index (χ2v) is 4.09. The molecule has 1 amide bonds. The molecule has 0 radical (unpaired) electrons. The van der Waals surface area contributed by atoms with Gasteiger partial charge in [0.15, 0.2) is 0 Å². The fraction of sp³-hybridized carbons (Fsp3) is 0.889. The topological polar surface area (TPSA) is 38.3 Å². The molecule has 1 N–H and O–H groups in total. The molecule has 3 nitrogen and oxygen atoms in total. The number of carbonyl (C=O) groups is 1. The van der Waals surface area contributed by atoms with Crippen LogP contribution in [0.25, 0.3) is 0 Å². The third-order valence-electron chi connectivity index (χ3n) is 2.06. The summed E-state index contributed by atoms with van der Waals surface area (Å²) >= 11 is 5.71. The number of carbonyl (C=O) groups excluding carboxylic acids is 1. The molecule has 0 aromatic heterocycles. The summed E-state index contributed by atoms with van der Waals surface area (Å²) in [4.78, 5) is 11.3. The lowest BCUT2D eigenvalue weighted by atomic mass is 10.3. The summed E-state index contributed by atoms with van der Waals surface area (Å²) in [6.45, 7) is 3.94. The Morgan fingerprint density at radius 2 is 2.23 bits per heavy atom. The van der Waals surface area contributed by atoms with Gasteiger partial charge in [0, 0.05) is 5.88 Å². The number of hydrogen-bond donors (Lipinski definition) is 1. The van der Waals surface area contributed by atoms with E-state index in [0.29, 0.717) is 5.88 Å². The summed E-state index contributed by atoms with van der Waals surface area (Å²) in [6.07, 6.45) is 2.07. The van der Waals surface area contributed by atoms with Crippen LogP contribution in [0.2, 0.25) is 0 Å². The predicted molar refractivity (Wildman–Crippen MR) is 51.9 cm³/mol. The summed E-state index contributed by atoms with van der Waals surface area (Å²) < 4.78 is 5.17. The Morgan fingerprint density at radius 3 is 2.62 bits per heavy atom. The second-order valence-electron chi connectivity index (χ2n) is 3.82. The van der Waals surface area contributed by atoms with Crippen LogP contribution >= 0.6 is 11.6 Å². The maximum Gasteiger partial charge on any atom is 0.246 e. The number of amides is 1. The van der Waals surface area contributed by atoms with E-state index in [1.807, 2.05) is 13.8 Å². The molecule has 0 aliphatic heterocycles. The minimum absolute atomic E-state index is 0.0631. The van der Waals surface area contributed by atoms with Crippen molar-refractivity contribution in [3.63, 3.8) is 0 Å². The van der Waals surface area contributed by atoms with E-state index >= 15 is 0 Å². The fourth-order valence-electron chi connectivity index (χ4n) is 1.02. The minimum atomic E-state index is -0.112. The van der Waals surface area contributed by atoms with Gasteiger partial charge in [-0.15, -0.1) is 11.6 Å². The van der Waals surface area contributed by atoms with Crippen molar-refractivity contribution in [3.05, 3.63) is 0 Å². The van der Waals surface area contributed by atoms with Gasteiger partial charge in [0.1, 0.15) is 6.61 Å². The highest BCUT2D eigenvalue weighted by atomic mass is 35.5. The molecule has 1 fully saturated rings. The molecule has 1 saturated carbocycles. The van der Waals surface area contributed by atoms with Crippen molar-refractivity contribution in [1.29, 1.82) is 0 Å². The van der Waals surface area contributed by atoms with E-state index in [9.17, 15) is 4.79 Å². The van der Waals surface area contributed by atoms with Crippen LogP contribution in [0.5, 0.6) is 0 Å². The molecule has 0 bridgehead atoms. The van der Waals surface area contributed by atoms with Crippen LogP contribution in [-0.4, -0.2) is 30.0 Å². The maximum absolute atomic E-state index is 11.3. The van der Waals surface area contributed by atoms with E-state index in [1.165, 1.54) is 0 Å². The Bertz CT molecular complexity index is 190. The number of alkyl halides is 1. The minimum Gasteiger partial charge on any atom is -0.369 e. The molecule has 0 atom stereocenters. The molecule has 0 aromatic rings. The maximum atomic E-state index is 11.3. The normalized spacial score (nSPS) is 18.8. The smallest absolute Gasteiger partial charge is 0.246 e. The Balaban J connectivity index is 2.18. The first-order chi connectivity index (χ1) is 6.08. The highest BCUT2D eigenvalue weighted by molar-refractivity contribution is 6.19. The first kappa shape index (κ1) is 10.8. The van der Waals surface area contributed by atoms with Crippen molar-refractivity contribution in [2.24, 2.45) is 0 Å². The molecule has 1 rings (SSSR count). The molecular weight excluding hydrogens is 190 g/mol. The van der Waals surface area contributed by atoms with Gasteiger partial charge >= 0.3 is 0 Å². The molecule has 1 aliphatic rings. The van der Waals surface area contributed by atoms with Gasteiger partial charge in [-0.3, -0.25) is 4.79 Å². The van der Waals surface area contributed by atoms with E-state index in [0.717, 1.165) is 12.8 Å². The third kappa shape index (κ3) is 3.53. The quantitative estimate of drug-likeness (QED) is 0.688. The molecule has 0 unspecified atom stereocenters. The van der Waals surface area contributed by atoms with Crippen LogP contribution in [0.1, 0.15) is 26.7 Å². The number of hydrogen-bond acceptors (Lipinski definition) is 2. The zero-order valence-corrected chi connectivity index (χ0v) is 8.86. The van der Waals surface area contributed by atoms with Gasteiger partial charge in [-0.1, -0.05) is 0 Å². The van der Waals surface area contributed by atoms with E-state index in [2.05, 4.69) is 5.32 Å². The summed E-state index contributed by atoms with van der Waals surface area (Å²) in [6, 6.07) is 0. The first-order valence-corrected chi connectivity index (χ1v) is 5.10. The largest absolute Gasteiger partial charge is 0.369 e. The Morgan fingerprint density at radius 1 is 1.62 bits per heavy atom. The van der Waals surface area contributed by atoms with Crippen LogP contribution in [0.3, 0.4) is 0 Å². The Kier molecular flexibility index (Phi) is 3.56. The van der Waals surface area contributed by atoms with Crippen molar-refractivity contribution in [3.8, 4) is 0 Å². The summed E-state index contributed by atoms with van der Waals surface area (Å²) in [5.74, 6) is 0.437. The summed E-state index contributed by atoms with van der Waals surface area (Å²) in [5, 5.41) is 2.88. The zero-order valence-electron chi connectivity index (χ0n) is 8.10. The zero-order chi connectivity index (χ0) is 9.90. The lowest BCUT2D eigenvalue weighted by molar-refractivity contribution is -0.127. The summed E-state index contributed by atoms with van der Waals surface area (Å²) in [5.41, 5.74) is -0.112. The van der Waals surface area contributed by atoms with E-state index in [4.69, 9.17) is 16.3 Å². The molecular formula is C9H16ClNO2. The van der Waals surface area contributed by atoms with Crippen LogP contribution in [0.4, 0.5) is 0 Å². The SMILES string of the molecule is CC(C)OCC(=O)NC1(CCl)CC1. The monoisotopic (exact) mass is 205 g/mol. The molecule has 76 valence electrons. The van der Waals surface area contributed by atoms with E-state index in [1.54, 1.807) is 0 Å². The number of rotatable bonds is 5. The molecule has 0 aromatic carbocycles. The number of ether oxygens (including phenoxy) is 1. The second kappa shape index (κ2) is 4.29. The van der Waals surface area contributed by atoms with Gasteiger partial charge < -0.3 is 10.1 Å². The van der Waals surface area contributed by atoms with Crippen molar-refractivity contribution in [1.82, 2.24) is 5.32 Å². The predicted octanol–water partition coefficient (Wildman–Crippen LogP) is 1.30. The van der Waals surface area contributed by atoms with Crippen LogP contribution < -0.4 is 5.32 Å². The van der Waals surface area contributed by atoms with Crippen LogP contribution in [0, 0.1) is 0 Å². The van der Waals surface area contributed by atoms with E-state index < -0.39 is 0 Å². The van der Waals surface area contributed by atoms with Gasteiger partial charge in [-0.2, -0.15) is 0 Å². The van der Waals surface area contributed by atoms with Crippen LogP contribution in [-0.2, 0) is 9.53 Å². The highest BCUT2D eigenvalue weighted by Gasteiger charge is 2.43. The van der Waals surface area contributed by atoms with Crippen LogP contribution in [0.15, 0.2) is 0 Å². The lowest BCUT2D eigenvalue weighted by Crippen LogP contribution is -2.40. The van der Waals surface area contributed by atoms with Gasteiger partial charge in [-0.25, -0.2) is 0 Å². The van der Waals surface area contributed by atoms with Crippen molar-refractivity contribution >= 4 is 17.5 Å². The number of nitrogens with one attached hydrogen (secondary N) is 1. The first-order valence-electron chi connectivity index (χ1n) is 4.56. The Hall–Kier alpha value is -0.280. The van der Waals surface area contributed by atoms with Crippen molar-refractivity contribution < 1.29 is 9.53 Å². The number of halogens is 1. The molecule has 0 heterocycles. The average molecular weight is 206 g/mol. The van der Waals surface area contributed by atoms with Crippen molar-refractivity contribution in [2.45, 2.75) is 38.3 Å². The summed E-state index contributed by atoms with van der Waals surface area (Å²) in [7, 11) is 0. The van der Waals surface area contributed by atoms with Crippen molar-refractivity contribution in [2.75, 3.05) is 12.5 Å². The fourth-order valence-corrected chi connectivity index (χ4v) is 1.35. The molecule has 1 aliphatic carbocycles. The van der Waals surface area contributed by atoms with Gasteiger partial charge in [0.05, 0.1) is 11.6 Å². The third-order valence-corrected chi connectivity index (χ3v) is 2.57. The lowest BCUT2D eigenvalue weighted by Gasteiger charge is -2.14. The average Bonchev–Trinajstić information content (AvgIpc) is 2.82. The molecule has 13 heavy (non-hydrogen) atoms.